The third-order valence-corrected chi connectivity index (χ3v) is 3.34. The van der Waals surface area contributed by atoms with Gasteiger partial charge in [0.2, 0.25) is 0 Å². The number of thioether (sulfide) groups is 1. The molecule has 1 unspecified atom stereocenters. The fraction of sp³-hybridized carbons (Fsp3) is 0.750. The Bertz CT molecular complexity index is 163. The van der Waals surface area contributed by atoms with E-state index >= 15 is 0 Å². The van der Waals surface area contributed by atoms with Crippen molar-refractivity contribution in [3.63, 3.8) is 0 Å². The van der Waals surface area contributed by atoms with Crippen molar-refractivity contribution < 1.29 is 4.74 Å². The summed E-state index contributed by atoms with van der Waals surface area (Å²) in [6.07, 6.45) is 0. The number of hydrogen-bond acceptors (Lipinski definition) is 2. The molecule has 0 fully saturated rings. The molecule has 1 aliphatic rings. The average molecular weight is 158 g/mol. The van der Waals surface area contributed by atoms with Gasteiger partial charge in [-0.05, 0) is 13.8 Å². The molecule has 0 aliphatic carbocycles. The van der Waals surface area contributed by atoms with Gasteiger partial charge in [-0.1, -0.05) is 25.6 Å². The maximum atomic E-state index is 5.63. The second kappa shape index (κ2) is 2.50. The molecule has 1 nitrogen and oxygen atoms in total. The van der Waals surface area contributed by atoms with Crippen LogP contribution in [0.1, 0.15) is 27.7 Å². The Morgan fingerprint density at radius 3 is 2.40 bits per heavy atom. The fourth-order valence-corrected chi connectivity index (χ4v) is 1.72. The van der Waals surface area contributed by atoms with Gasteiger partial charge in [0.15, 0.2) is 4.93 Å². The van der Waals surface area contributed by atoms with Gasteiger partial charge < -0.3 is 4.74 Å². The van der Waals surface area contributed by atoms with E-state index in [-0.39, 0.29) is 4.93 Å². The second-order valence-electron chi connectivity index (χ2n) is 3.12. The summed E-state index contributed by atoms with van der Waals surface area (Å²) in [5, 5.41) is 2.08. The van der Waals surface area contributed by atoms with Crippen molar-refractivity contribution in [3.05, 3.63) is 11.2 Å². The van der Waals surface area contributed by atoms with E-state index in [4.69, 9.17) is 4.74 Å². The summed E-state index contributed by atoms with van der Waals surface area (Å²) < 4.78 is 5.63. The highest BCUT2D eigenvalue weighted by atomic mass is 32.2. The summed E-state index contributed by atoms with van der Waals surface area (Å²) in [6, 6.07) is 0. The zero-order valence-corrected chi connectivity index (χ0v) is 7.79. The first-order chi connectivity index (χ1) is 4.54. The maximum Gasteiger partial charge on any atom is 0.157 e. The molecule has 0 bridgehead atoms. The smallest absolute Gasteiger partial charge is 0.157 e. The number of rotatable bonds is 1. The van der Waals surface area contributed by atoms with Crippen molar-refractivity contribution in [2.45, 2.75) is 32.6 Å². The molecule has 0 amide bonds. The van der Waals surface area contributed by atoms with E-state index in [0.717, 1.165) is 5.76 Å². The second-order valence-corrected chi connectivity index (χ2v) is 4.40. The zero-order chi connectivity index (χ0) is 7.78. The Labute approximate surface area is 66.8 Å². The molecule has 0 radical (unpaired) electrons. The van der Waals surface area contributed by atoms with Crippen LogP contribution in [0.4, 0.5) is 0 Å². The van der Waals surface area contributed by atoms with E-state index in [9.17, 15) is 0 Å². The van der Waals surface area contributed by atoms with Gasteiger partial charge in [0.1, 0.15) is 5.76 Å². The Morgan fingerprint density at radius 2 is 2.20 bits per heavy atom. The minimum absolute atomic E-state index is 0.00984. The highest BCUT2D eigenvalue weighted by Gasteiger charge is 2.34. The summed E-state index contributed by atoms with van der Waals surface area (Å²) in [6.45, 7) is 8.49. The quantitative estimate of drug-likeness (QED) is 0.580. The van der Waals surface area contributed by atoms with Gasteiger partial charge in [0.25, 0.3) is 0 Å². The lowest BCUT2D eigenvalue weighted by molar-refractivity contribution is 0.0697. The van der Waals surface area contributed by atoms with E-state index in [1.165, 1.54) is 0 Å². The first-order valence-corrected chi connectivity index (χ1v) is 4.46. The lowest BCUT2D eigenvalue weighted by atomic mass is 10.1. The van der Waals surface area contributed by atoms with Gasteiger partial charge >= 0.3 is 0 Å². The van der Waals surface area contributed by atoms with Gasteiger partial charge in [0, 0.05) is 11.3 Å². The van der Waals surface area contributed by atoms with Crippen molar-refractivity contribution in [1.29, 1.82) is 0 Å². The lowest BCUT2D eigenvalue weighted by Gasteiger charge is -2.27. The predicted molar refractivity (Wildman–Crippen MR) is 45.7 cm³/mol. The first kappa shape index (κ1) is 7.99. The number of ether oxygens (including phenoxy) is 1. The lowest BCUT2D eigenvalue weighted by Crippen LogP contribution is -2.26. The van der Waals surface area contributed by atoms with Crippen LogP contribution in [0.3, 0.4) is 0 Å². The maximum absolute atomic E-state index is 5.63. The van der Waals surface area contributed by atoms with E-state index in [1.54, 1.807) is 11.8 Å². The molecule has 0 aromatic heterocycles. The SMILES string of the molecule is CC1=CSC(C)(C(C)C)O1. The van der Waals surface area contributed by atoms with Crippen LogP contribution in [0.15, 0.2) is 11.2 Å². The van der Waals surface area contributed by atoms with Crippen molar-refractivity contribution in [3.8, 4) is 0 Å². The largest absolute Gasteiger partial charge is 0.480 e. The van der Waals surface area contributed by atoms with Crippen molar-refractivity contribution in [2.75, 3.05) is 0 Å². The number of allylic oxidation sites excluding steroid dienone is 1. The predicted octanol–water partition coefficient (Wildman–Crippen LogP) is 2.98. The molecule has 58 valence electrons. The Kier molecular flexibility index (Phi) is 1.99. The normalized spacial score (nSPS) is 32.3. The van der Waals surface area contributed by atoms with Crippen LogP contribution in [0.25, 0.3) is 0 Å². The fourth-order valence-electron chi connectivity index (χ4n) is 0.822. The summed E-state index contributed by atoms with van der Waals surface area (Å²) in [5.74, 6) is 1.60. The molecule has 0 aromatic rings. The third kappa shape index (κ3) is 1.31. The molecule has 0 spiro atoms. The van der Waals surface area contributed by atoms with Crippen LogP contribution in [0.5, 0.6) is 0 Å². The number of hydrogen-bond donors (Lipinski definition) is 0. The van der Waals surface area contributed by atoms with Crippen molar-refractivity contribution >= 4 is 11.8 Å². The molecule has 0 N–H and O–H groups in total. The van der Waals surface area contributed by atoms with Crippen molar-refractivity contribution in [1.82, 2.24) is 0 Å². The van der Waals surface area contributed by atoms with Gasteiger partial charge in [-0.15, -0.1) is 0 Å². The third-order valence-electron chi connectivity index (χ3n) is 1.87. The molecular weight excluding hydrogens is 144 g/mol. The first-order valence-electron chi connectivity index (χ1n) is 3.58. The molecule has 0 saturated carbocycles. The van der Waals surface area contributed by atoms with Gasteiger partial charge in [-0.2, -0.15) is 0 Å². The topological polar surface area (TPSA) is 9.23 Å². The highest BCUT2D eigenvalue weighted by molar-refractivity contribution is 8.03. The molecule has 1 atom stereocenters. The van der Waals surface area contributed by atoms with Crippen LogP contribution in [-0.4, -0.2) is 4.93 Å². The molecular formula is C8H14OS. The summed E-state index contributed by atoms with van der Waals surface area (Å²) >= 11 is 1.78. The van der Waals surface area contributed by atoms with Crippen LogP contribution in [-0.2, 0) is 4.74 Å². The summed E-state index contributed by atoms with van der Waals surface area (Å²) in [5.41, 5.74) is 0. The molecule has 1 aliphatic heterocycles. The monoisotopic (exact) mass is 158 g/mol. The van der Waals surface area contributed by atoms with Gasteiger partial charge in [-0.25, -0.2) is 0 Å². The van der Waals surface area contributed by atoms with Gasteiger partial charge in [0.05, 0.1) is 0 Å². The molecule has 2 heteroatoms. The van der Waals surface area contributed by atoms with E-state index < -0.39 is 0 Å². The van der Waals surface area contributed by atoms with Crippen molar-refractivity contribution in [2.24, 2.45) is 5.92 Å². The highest BCUT2D eigenvalue weighted by Crippen LogP contribution is 2.42. The van der Waals surface area contributed by atoms with E-state index in [0.29, 0.717) is 5.92 Å². The summed E-state index contributed by atoms with van der Waals surface area (Å²) in [7, 11) is 0. The van der Waals surface area contributed by atoms with E-state index in [2.05, 4.69) is 26.2 Å². The van der Waals surface area contributed by atoms with Gasteiger partial charge in [-0.3, -0.25) is 0 Å². The van der Waals surface area contributed by atoms with Crippen LogP contribution < -0.4 is 0 Å². The zero-order valence-electron chi connectivity index (χ0n) is 6.97. The Hall–Kier alpha value is -0.110. The summed E-state index contributed by atoms with van der Waals surface area (Å²) in [4.78, 5) is -0.00984. The Balaban J connectivity index is 2.61. The molecule has 0 aromatic carbocycles. The van der Waals surface area contributed by atoms with Crippen LogP contribution in [0.2, 0.25) is 0 Å². The van der Waals surface area contributed by atoms with E-state index in [1.807, 2.05) is 6.92 Å². The van der Waals surface area contributed by atoms with Crippen LogP contribution in [0, 0.1) is 5.92 Å². The molecule has 1 rings (SSSR count). The molecule has 0 saturated heterocycles. The van der Waals surface area contributed by atoms with Crippen LogP contribution >= 0.6 is 11.8 Å². The minimum Gasteiger partial charge on any atom is -0.480 e. The minimum atomic E-state index is -0.00984. The molecule has 1 heterocycles. The standard InChI is InChI=1S/C8H14OS/c1-6(2)8(4)9-7(3)5-10-8/h5-6H,1-4H3. The Morgan fingerprint density at radius 1 is 1.60 bits per heavy atom. The average Bonchev–Trinajstić information content (AvgIpc) is 2.13. The molecule has 10 heavy (non-hydrogen) atoms.